The Hall–Kier alpha value is -0.640. The predicted octanol–water partition coefficient (Wildman–Crippen LogP) is 0.945. The molecule has 3 heteroatoms. The van der Waals surface area contributed by atoms with E-state index in [-0.39, 0.29) is 0 Å². The summed E-state index contributed by atoms with van der Waals surface area (Å²) in [5.41, 5.74) is 1.46. The van der Waals surface area contributed by atoms with E-state index in [0.717, 1.165) is 17.8 Å². The summed E-state index contributed by atoms with van der Waals surface area (Å²) in [6, 6.07) is 8.81. The lowest BCUT2D eigenvalue weighted by molar-refractivity contribution is -1.02. The first-order valence-corrected chi connectivity index (χ1v) is 9.65. The monoisotopic (exact) mass is 362 g/mol. The third kappa shape index (κ3) is 3.32. The molecule has 1 heterocycles. The highest BCUT2D eigenvalue weighted by atomic mass is 79.9. The van der Waals surface area contributed by atoms with Crippen molar-refractivity contribution in [1.82, 2.24) is 0 Å². The first-order chi connectivity index (χ1) is 10.8. The van der Waals surface area contributed by atoms with Crippen molar-refractivity contribution in [3.63, 3.8) is 0 Å². The van der Waals surface area contributed by atoms with Crippen molar-refractivity contribution in [1.29, 1.82) is 0 Å². The van der Waals surface area contributed by atoms with Crippen LogP contribution in [0.3, 0.4) is 0 Å². The number of allylic oxidation sites excluding steroid dienone is 2. The molecule has 2 aliphatic carbocycles. The number of benzene rings is 1. The molecular formula is C19H27BrN2+2. The van der Waals surface area contributed by atoms with E-state index in [2.05, 4.69) is 52.3 Å². The molecule has 0 spiro atoms. The van der Waals surface area contributed by atoms with Gasteiger partial charge in [0.05, 0.1) is 6.54 Å². The topological polar surface area (TPSA) is 8.88 Å². The molecule has 4 rings (SSSR count). The van der Waals surface area contributed by atoms with Gasteiger partial charge >= 0.3 is 0 Å². The zero-order chi connectivity index (χ0) is 14.9. The van der Waals surface area contributed by atoms with Crippen LogP contribution < -0.4 is 9.80 Å². The van der Waals surface area contributed by atoms with Crippen LogP contribution in [0.2, 0.25) is 0 Å². The molecule has 2 fully saturated rings. The molecule has 1 aromatic rings. The van der Waals surface area contributed by atoms with E-state index in [1.165, 1.54) is 62.1 Å². The van der Waals surface area contributed by atoms with Crippen molar-refractivity contribution in [2.45, 2.75) is 19.4 Å². The van der Waals surface area contributed by atoms with Crippen LogP contribution >= 0.6 is 15.9 Å². The van der Waals surface area contributed by atoms with Gasteiger partial charge in [0.15, 0.2) is 0 Å². The third-order valence-corrected chi connectivity index (χ3v) is 6.47. The first-order valence-electron chi connectivity index (χ1n) is 8.86. The number of hydrogen-bond acceptors (Lipinski definition) is 0. The minimum absolute atomic E-state index is 0.921. The van der Waals surface area contributed by atoms with Gasteiger partial charge in [0.1, 0.15) is 32.7 Å². The maximum Gasteiger partial charge on any atom is 0.127 e. The Bertz CT molecular complexity index is 548. The molecule has 22 heavy (non-hydrogen) atoms. The lowest BCUT2D eigenvalue weighted by atomic mass is 9.93. The van der Waals surface area contributed by atoms with Crippen molar-refractivity contribution in [3.8, 4) is 0 Å². The van der Waals surface area contributed by atoms with E-state index in [1.54, 1.807) is 4.90 Å². The highest BCUT2D eigenvalue weighted by molar-refractivity contribution is 9.10. The molecular weight excluding hydrogens is 336 g/mol. The van der Waals surface area contributed by atoms with Crippen molar-refractivity contribution < 1.29 is 9.80 Å². The van der Waals surface area contributed by atoms with Gasteiger partial charge in [-0.15, -0.1) is 0 Å². The summed E-state index contributed by atoms with van der Waals surface area (Å²) in [6.07, 6.45) is 7.90. The number of nitrogens with one attached hydrogen (secondary N) is 2. The Morgan fingerprint density at radius 3 is 2.50 bits per heavy atom. The summed E-state index contributed by atoms with van der Waals surface area (Å²) in [7, 11) is 0. The normalized spacial score (nSPS) is 36.9. The largest absolute Gasteiger partial charge is 0.325 e. The maximum absolute atomic E-state index is 3.58. The van der Waals surface area contributed by atoms with Gasteiger partial charge < -0.3 is 9.80 Å². The van der Waals surface area contributed by atoms with E-state index in [1.807, 2.05) is 4.90 Å². The molecule has 0 unspecified atom stereocenters. The second kappa shape index (κ2) is 6.46. The molecule has 0 aromatic heterocycles. The SMILES string of the molecule is Brc1cccc(C[NH+]2CC[NH+](C[C@@H]3C[C@H]4C=C[C@H]3C4)CC2)c1. The van der Waals surface area contributed by atoms with Crippen LogP contribution in [0.15, 0.2) is 40.9 Å². The Balaban J connectivity index is 1.25. The van der Waals surface area contributed by atoms with Crippen molar-refractivity contribution in [3.05, 3.63) is 46.5 Å². The summed E-state index contributed by atoms with van der Waals surface area (Å²) in [4.78, 5) is 3.62. The van der Waals surface area contributed by atoms with Crippen LogP contribution in [0.5, 0.6) is 0 Å². The fourth-order valence-electron chi connectivity index (χ4n) is 4.77. The molecule has 3 atom stereocenters. The molecule has 0 radical (unpaired) electrons. The smallest absolute Gasteiger partial charge is 0.127 e. The number of quaternary nitrogens is 2. The second-order valence-electron chi connectivity index (χ2n) is 7.55. The van der Waals surface area contributed by atoms with Crippen LogP contribution in [0.1, 0.15) is 18.4 Å². The van der Waals surface area contributed by atoms with Gasteiger partial charge in [0, 0.05) is 16.0 Å². The van der Waals surface area contributed by atoms with Crippen molar-refractivity contribution in [2.75, 3.05) is 32.7 Å². The summed E-state index contributed by atoms with van der Waals surface area (Å²) in [5, 5.41) is 0. The molecule has 1 aromatic carbocycles. The molecule has 1 saturated heterocycles. The Morgan fingerprint density at radius 2 is 1.82 bits per heavy atom. The Kier molecular flexibility index (Phi) is 4.38. The van der Waals surface area contributed by atoms with Crippen LogP contribution in [-0.4, -0.2) is 32.7 Å². The fourth-order valence-corrected chi connectivity index (χ4v) is 5.22. The predicted molar refractivity (Wildman–Crippen MR) is 93.0 cm³/mol. The first kappa shape index (κ1) is 14.9. The van der Waals surface area contributed by atoms with Gasteiger partial charge in [-0.2, -0.15) is 0 Å². The molecule has 118 valence electrons. The van der Waals surface area contributed by atoms with Crippen LogP contribution in [-0.2, 0) is 6.54 Å². The molecule has 2 nitrogen and oxygen atoms in total. The Morgan fingerprint density at radius 1 is 1.00 bits per heavy atom. The molecule has 3 aliphatic rings. The highest BCUT2D eigenvalue weighted by Crippen LogP contribution is 2.42. The van der Waals surface area contributed by atoms with Crippen LogP contribution in [0, 0.1) is 17.8 Å². The average Bonchev–Trinajstić information content (AvgIpc) is 3.12. The van der Waals surface area contributed by atoms with Gasteiger partial charge in [0.2, 0.25) is 0 Å². The van der Waals surface area contributed by atoms with Gasteiger partial charge in [-0.05, 0) is 36.8 Å². The van der Waals surface area contributed by atoms with Gasteiger partial charge in [0.25, 0.3) is 0 Å². The molecule has 1 saturated carbocycles. The number of fused-ring (bicyclic) bond motifs is 2. The number of piperazine rings is 1. The van der Waals surface area contributed by atoms with E-state index >= 15 is 0 Å². The average molecular weight is 363 g/mol. The van der Waals surface area contributed by atoms with Gasteiger partial charge in [-0.3, -0.25) is 0 Å². The van der Waals surface area contributed by atoms with E-state index in [4.69, 9.17) is 0 Å². The molecule has 2 bridgehead atoms. The molecule has 2 N–H and O–H groups in total. The van der Waals surface area contributed by atoms with Crippen LogP contribution in [0.4, 0.5) is 0 Å². The van der Waals surface area contributed by atoms with Gasteiger partial charge in [-0.25, -0.2) is 0 Å². The minimum Gasteiger partial charge on any atom is -0.325 e. The standard InChI is InChI=1S/C19H25BrN2/c20-19-3-1-2-16(12-19)13-21-6-8-22(9-7-21)14-18-11-15-4-5-17(18)10-15/h1-5,12,15,17-18H,6-11,13-14H2/p+2/t15-,17-,18-/m0/s1. The highest BCUT2D eigenvalue weighted by Gasteiger charge is 2.38. The quantitative estimate of drug-likeness (QED) is 0.737. The lowest BCUT2D eigenvalue weighted by Gasteiger charge is -2.32. The minimum atomic E-state index is 0.921. The molecule has 1 aliphatic heterocycles. The van der Waals surface area contributed by atoms with E-state index in [9.17, 15) is 0 Å². The van der Waals surface area contributed by atoms with Crippen molar-refractivity contribution in [2.24, 2.45) is 17.8 Å². The number of rotatable bonds is 4. The van der Waals surface area contributed by atoms with Crippen LogP contribution in [0.25, 0.3) is 0 Å². The van der Waals surface area contributed by atoms with Gasteiger partial charge in [-0.1, -0.05) is 40.2 Å². The Labute approximate surface area is 142 Å². The zero-order valence-electron chi connectivity index (χ0n) is 13.2. The number of hydrogen-bond donors (Lipinski definition) is 2. The van der Waals surface area contributed by atoms with E-state index < -0.39 is 0 Å². The zero-order valence-corrected chi connectivity index (χ0v) is 14.8. The summed E-state index contributed by atoms with van der Waals surface area (Å²) in [6.45, 7) is 8.00. The fraction of sp³-hybridized carbons (Fsp3) is 0.579. The second-order valence-corrected chi connectivity index (χ2v) is 8.47. The number of halogens is 1. The summed E-state index contributed by atoms with van der Waals surface area (Å²) < 4.78 is 1.21. The third-order valence-electron chi connectivity index (χ3n) is 5.97. The maximum atomic E-state index is 3.58. The van der Waals surface area contributed by atoms with Crippen molar-refractivity contribution >= 4 is 15.9 Å². The summed E-state index contributed by atoms with van der Waals surface area (Å²) in [5.74, 6) is 2.83. The lowest BCUT2D eigenvalue weighted by Crippen LogP contribution is -3.27. The van der Waals surface area contributed by atoms with E-state index in [0.29, 0.717) is 0 Å². The molecule has 0 amide bonds. The summed E-state index contributed by atoms with van der Waals surface area (Å²) >= 11 is 3.58.